The molecule has 45 heavy (non-hydrogen) atoms. The lowest BCUT2D eigenvalue weighted by molar-refractivity contribution is -0.144. The molecule has 8 heteroatoms. The average Bonchev–Trinajstić information content (AvgIpc) is 3.67. The van der Waals surface area contributed by atoms with Crippen molar-refractivity contribution in [3.63, 3.8) is 0 Å². The zero-order chi connectivity index (χ0) is 31.3. The summed E-state index contributed by atoms with van der Waals surface area (Å²) in [6.45, 7) is 13.3. The number of fused-ring (bicyclic) bond motifs is 5. The van der Waals surface area contributed by atoms with E-state index in [1.165, 1.54) is 40.7 Å². The van der Waals surface area contributed by atoms with Crippen LogP contribution in [0.5, 0.6) is 0 Å². The molecule has 8 nitrogen and oxygen atoms in total. The van der Waals surface area contributed by atoms with Crippen molar-refractivity contribution in [1.82, 2.24) is 35.6 Å². The molecule has 3 N–H and O–H groups in total. The number of carbonyl (C=O) groups is 1. The first kappa shape index (κ1) is 29.7. The Balaban J connectivity index is 1.18. The summed E-state index contributed by atoms with van der Waals surface area (Å²) in [6, 6.07) is 15.6. The molecule has 2 bridgehead atoms. The molecule has 2 aromatic carbocycles. The highest BCUT2D eigenvalue weighted by atomic mass is 16.2. The fourth-order valence-corrected chi connectivity index (χ4v) is 7.79. The quantitative estimate of drug-likeness (QED) is 0.162. The van der Waals surface area contributed by atoms with Gasteiger partial charge < -0.3 is 15.2 Å². The van der Waals surface area contributed by atoms with E-state index < -0.39 is 5.41 Å². The van der Waals surface area contributed by atoms with E-state index in [1.54, 1.807) is 0 Å². The van der Waals surface area contributed by atoms with Crippen LogP contribution < -0.4 is 5.32 Å². The normalized spacial score (nSPS) is 19.1. The first-order valence-electron chi connectivity index (χ1n) is 16.6. The van der Waals surface area contributed by atoms with Crippen LogP contribution in [-0.2, 0) is 16.6 Å². The van der Waals surface area contributed by atoms with Crippen molar-refractivity contribution in [2.45, 2.75) is 84.1 Å². The van der Waals surface area contributed by atoms with Crippen LogP contribution in [0.2, 0.25) is 0 Å². The van der Waals surface area contributed by atoms with Crippen LogP contribution >= 0.6 is 0 Å². The Bertz CT molecular complexity index is 1840. The fourth-order valence-electron chi connectivity index (χ4n) is 7.79. The predicted octanol–water partition coefficient (Wildman–Crippen LogP) is 6.73. The van der Waals surface area contributed by atoms with E-state index in [4.69, 9.17) is 4.98 Å². The second kappa shape index (κ2) is 11.7. The van der Waals surface area contributed by atoms with Crippen molar-refractivity contribution >= 4 is 27.8 Å². The number of piperidine rings is 2. The van der Waals surface area contributed by atoms with Crippen LogP contribution in [0.25, 0.3) is 33.2 Å². The molecule has 1 saturated carbocycles. The standard InChI is InChI=1S/C37H45N7O/c1-22-14-23(2)16-27(15-22)35-34(24(3)19-38-13-12-25-8-11-30-31(17-25)42-43-41-30)29-18-33(39-20-32(29)40-35)37(4,5)36(45)44-21-26-6-9-28(44)10-7-26/h8,11,14-18,20,24,26,28,38,40H,6-7,9-10,12-13,19,21H2,1-5H3,(H,41,42,43). The second-order valence-corrected chi connectivity index (χ2v) is 14.2. The Morgan fingerprint density at radius 1 is 1.02 bits per heavy atom. The molecule has 1 atom stereocenters. The summed E-state index contributed by atoms with van der Waals surface area (Å²) in [7, 11) is 0. The lowest BCUT2D eigenvalue weighted by atomic mass is 9.77. The summed E-state index contributed by atoms with van der Waals surface area (Å²) in [5.74, 6) is 1.09. The number of hydrogen-bond acceptors (Lipinski definition) is 5. The first-order chi connectivity index (χ1) is 21.7. The summed E-state index contributed by atoms with van der Waals surface area (Å²) in [6.07, 6.45) is 7.65. The van der Waals surface area contributed by atoms with Gasteiger partial charge in [-0.1, -0.05) is 30.2 Å². The minimum absolute atomic E-state index is 0.217. The third-order valence-corrected chi connectivity index (χ3v) is 10.3. The van der Waals surface area contributed by atoms with Gasteiger partial charge in [0.25, 0.3) is 0 Å². The summed E-state index contributed by atoms with van der Waals surface area (Å²) in [4.78, 5) is 24.9. The summed E-state index contributed by atoms with van der Waals surface area (Å²) < 4.78 is 0. The van der Waals surface area contributed by atoms with Crippen molar-refractivity contribution in [2.24, 2.45) is 5.92 Å². The second-order valence-electron chi connectivity index (χ2n) is 14.2. The van der Waals surface area contributed by atoms with Crippen LogP contribution in [0.1, 0.15) is 80.3 Å². The highest BCUT2D eigenvalue weighted by Crippen LogP contribution is 2.40. The number of nitrogens with one attached hydrogen (secondary N) is 3. The summed E-state index contributed by atoms with van der Waals surface area (Å²) in [5.41, 5.74) is 10.3. The minimum atomic E-state index is -0.702. The number of carbonyl (C=O) groups excluding carboxylic acids is 1. The maximum atomic E-state index is 14.1. The lowest BCUT2D eigenvalue weighted by Gasteiger charge is -2.47. The monoisotopic (exact) mass is 603 g/mol. The van der Waals surface area contributed by atoms with Gasteiger partial charge in [0.05, 0.1) is 28.5 Å². The van der Waals surface area contributed by atoms with Gasteiger partial charge in [0.2, 0.25) is 5.91 Å². The van der Waals surface area contributed by atoms with E-state index in [2.05, 4.69) is 102 Å². The molecular weight excluding hydrogens is 558 g/mol. The van der Waals surface area contributed by atoms with Gasteiger partial charge in [-0.05, 0) is 125 Å². The maximum absolute atomic E-state index is 14.1. The molecule has 234 valence electrons. The molecule has 2 aliphatic heterocycles. The van der Waals surface area contributed by atoms with Crippen LogP contribution in [0, 0.1) is 19.8 Å². The van der Waals surface area contributed by atoms with E-state index >= 15 is 0 Å². The lowest BCUT2D eigenvalue weighted by Crippen LogP contribution is -2.55. The van der Waals surface area contributed by atoms with Crippen molar-refractivity contribution in [2.75, 3.05) is 19.6 Å². The molecule has 0 spiro atoms. The largest absolute Gasteiger partial charge is 0.353 e. The maximum Gasteiger partial charge on any atom is 0.234 e. The summed E-state index contributed by atoms with van der Waals surface area (Å²) >= 11 is 0. The number of aromatic nitrogens is 5. The number of amides is 1. The Morgan fingerprint density at radius 2 is 1.78 bits per heavy atom. The molecule has 5 heterocycles. The number of aryl methyl sites for hydroxylation is 2. The molecule has 3 aromatic heterocycles. The molecule has 0 radical (unpaired) electrons. The van der Waals surface area contributed by atoms with Gasteiger partial charge in [-0.15, -0.1) is 0 Å². The van der Waals surface area contributed by atoms with Gasteiger partial charge in [-0.2, -0.15) is 15.4 Å². The highest BCUT2D eigenvalue weighted by molar-refractivity contribution is 5.93. The molecule has 1 amide bonds. The summed E-state index contributed by atoms with van der Waals surface area (Å²) in [5, 5.41) is 16.0. The zero-order valence-electron chi connectivity index (χ0n) is 27.2. The van der Waals surface area contributed by atoms with Crippen LogP contribution in [0.4, 0.5) is 0 Å². The van der Waals surface area contributed by atoms with Crippen LogP contribution in [0.3, 0.4) is 0 Å². The van der Waals surface area contributed by atoms with Gasteiger partial charge in [-0.3, -0.25) is 9.78 Å². The Labute approximate surface area is 265 Å². The zero-order valence-corrected chi connectivity index (χ0v) is 27.2. The van der Waals surface area contributed by atoms with Crippen molar-refractivity contribution < 1.29 is 4.79 Å². The molecular formula is C37H45N7O. The van der Waals surface area contributed by atoms with Gasteiger partial charge in [0.1, 0.15) is 11.0 Å². The van der Waals surface area contributed by atoms with Crippen molar-refractivity contribution in [3.8, 4) is 11.3 Å². The highest BCUT2D eigenvalue weighted by Gasteiger charge is 2.43. The SMILES string of the molecule is Cc1cc(C)cc(-c2[nH]c3cnc(C(C)(C)C(=O)N4CC5CCC4CC5)cc3c2C(C)CNCCc2ccc3n[nH]nc3c2)c1. The minimum Gasteiger partial charge on any atom is -0.353 e. The topological polar surface area (TPSA) is 103 Å². The number of hydrogen-bond donors (Lipinski definition) is 3. The third kappa shape index (κ3) is 5.65. The van der Waals surface area contributed by atoms with Crippen molar-refractivity contribution in [3.05, 3.63) is 76.6 Å². The number of aromatic amines is 2. The van der Waals surface area contributed by atoms with Crippen LogP contribution in [-0.4, -0.2) is 61.9 Å². The van der Waals surface area contributed by atoms with E-state index in [0.29, 0.717) is 12.0 Å². The number of rotatable bonds is 9. The number of H-pyrrole nitrogens is 2. The van der Waals surface area contributed by atoms with Crippen LogP contribution in [0.15, 0.2) is 48.7 Å². The smallest absolute Gasteiger partial charge is 0.234 e. The molecule has 1 unspecified atom stereocenters. The van der Waals surface area contributed by atoms with E-state index in [9.17, 15) is 4.79 Å². The van der Waals surface area contributed by atoms with Crippen molar-refractivity contribution in [1.29, 1.82) is 0 Å². The van der Waals surface area contributed by atoms with E-state index in [1.807, 2.05) is 12.3 Å². The van der Waals surface area contributed by atoms with E-state index in [-0.39, 0.29) is 11.8 Å². The number of benzene rings is 2. The molecule has 3 aliphatic rings. The molecule has 5 aromatic rings. The Kier molecular flexibility index (Phi) is 7.72. The Hall–Kier alpha value is -4.04. The van der Waals surface area contributed by atoms with Gasteiger partial charge in [-0.25, -0.2) is 0 Å². The molecule has 8 rings (SSSR count). The molecule has 2 saturated heterocycles. The van der Waals surface area contributed by atoms with Gasteiger partial charge >= 0.3 is 0 Å². The first-order valence-corrected chi connectivity index (χ1v) is 16.6. The fraction of sp³-hybridized carbons (Fsp3) is 0.459. The third-order valence-electron chi connectivity index (χ3n) is 10.3. The number of nitrogens with zero attached hydrogens (tertiary/aromatic N) is 4. The molecule has 1 aliphatic carbocycles. The van der Waals surface area contributed by atoms with E-state index in [0.717, 1.165) is 72.2 Å². The van der Waals surface area contributed by atoms with Gasteiger partial charge in [0.15, 0.2) is 0 Å². The average molecular weight is 604 g/mol. The Morgan fingerprint density at radius 3 is 2.51 bits per heavy atom. The predicted molar refractivity (Wildman–Crippen MR) is 180 cm³/mol. The molecule has 3 fully saturated rings. The van der Waals surface area contributed by atoms with Gasteiger partial charge in [0, 0.05) is 24.5 Å². The number of pyridine rings is 1.